The Labute approximate surface area is 184 Å². The highest BCUT2D eigenvalue weighted by Crippen LogP contribution is 2.29. The van der Waals surface area contributed by atoms with Crippen LogP contribution in [0.2, 0.25) is 0 Å². The summed E-state index contributed by atoms with van der Waals surface area (Å²) in [4.78, 5) is 25.3. The van der Waals surface area contributed by atoms with E-state index in [2.05, 4.69) is 40.5 Å². The van der Waals surface area contributed by atoms with Crippen molar-refractivity contribution in [3.8, 4) is 16.6 Å². The predicted octanol–water partition coefficient (Wildman–Crippen LogP) is 2.10. The first-order valence-electron chi connectivity index (χ1n) is 10.4. The maximum atomic E-state index is 5.92. The van der Waals surface area contributed by atoms with Gasteiger partial charge in [-0.05, 0) is 6.07 Å². The molecule has 0 bridgehead atoms. The van der Waals surface area contributed by atoms with E-state index < -0.39 is 0 Å². The van der Waals surface area contributed by atoms with Gasteiger partial charge in [-0.3, -0.25) is 0 Å². The summed E-state index contributed by atoms with van der Waals surface area (Å²) in [7, 11) is 0. The molecule has 0 aliphatic carbocycles. The van der Waals surface area contributed by atoms with Gasteiger partial charge in [0.1, 0.15) is 6.10 Å². The third-order valence-electron chi connectivity index (χ3n) is 5.17. The van der Waals surface area contributed by atoms with E-state index >= 15 is 0 Å². The van der Waals surface area contributed by atoms with Gasteiger partial charge in [0.15, 0.2) is 5.13 Å². The van der Waals surface area contributed by atoms with Crippen LogP contribution in [0.3, 0.4) is 0 Å². The summed E-state index contributed by atoms with van der Waals surface area (Å²) < 4.78 is 11.3. The van der Waals surface area contributed by atoms with Gasteiger partial charge in [-0.1, -0.05) is 11.3 Å². The number of anilines is 3. The number of thiazole rings is 1. The van der Waals surface area contributed by atoms with Crippen LogP contribution in [0.4, 0.5) is 16.8 Å². The average Bonchev–Trinajstić information content (AvgIpc) is 3.30. The lowest BCUT2D eigenvalue weighted by Crippen LogP contribution is -2.43. The summed E-state index contributed by atoms with van der Waals surface area (Å²) in [6.45, 7) is 5.31. The fourth-order valence-corrected chi connectivity index (χ4v) is 4.28. The number of aromatic nitrogens is 5. The predicted molar refractivity (Wildman–Crippen MR) is 118 cm³/mol. The molecule has 2 fully saturated rings. The van der Waals surface area contributed by atoms with E-state index in [1.54, 1.807) is 12.4 Å². The molecule has 0 saturated carbocycles. The molecular weight excluding hydrogens is 416 g/mol. The second-order valence-electron chi connectivity index (χ2n) is 7.31. The number of nitrogens with one attached hydrogen (secondary N) is 2. The molecule has 0 amide bonds. The van der Waals surface area contributed by atoms with E-state index in [0.29, 0.717) is 30.3 Å². The SMILES string of the molecule is c1cc(-c2cnc(Nc3ncc(N4CCNCC4)cn3)s2)nc(OC2CCOCC2)n1. The Hall–Kier alpha value is -2.89. The molecule has 162 valence electrons. The van der Waals surface area contributed by atoms with E-state index in [1.807, 2.05) is 18.5 Å². The van der Waals surface area contributed by atoms with Crippen molar-refractivity contribution in [1.82, 2.24) is 30.2 Å². The summed E-state index contributed by atoms with van der Waals surface area (Å²) in [6, 6.07) is 2.24. The Morgan fingerprint density at radius 2 is 1.87 bits per heavy atom. The topological polar surface area (TPSA) is 110 Å². The van der Waals surface area contributed by atoms with Gasteiger partial charge < -0.3 is 25.0 Å². The molecule has 2 aliphatic heterocycles. The van der Waals surface area contributed by atoms with Gasteiger partial charge in [0.05, 0.1) is 41.9 Å². The molecule has 5 rings (SSSR count). The van der Waals surface area contributed by atoms with Crippen molar-refractivity contribution in [3.05, 3.63) is 30.9 Å². The zero-order valence-electron chi connectivity index (χ0n) is 17.0. The number of hydrogen-bond donors (Lipinski definition) is 2. The third kappa shape index (κ3) is 5.06. The number of piperazine rings is 1. The third-order valence-corrected chi connectivity index (χ3v) is 6.11. The fraction of sp³-hybridized carbons (Fsp3) is 0.450. The maximum absolute atomic E-state index is 5.92. The van der Waals surface area contributed by atoms with Crippen LogP contribution in [0.25, 0.3) is 10.6 Å². The van der Waals surface area contributed by atoms with Gasteiger partial charge in [0, 0.05) is 51.4 Å². The first kappa shape index (κ1) is 20.0. The van der Waals surface area contributed by atoms with Crippen molar-refractivity contribution >= 4 is 28.1 Å². The fourth-order valence-electron chi connectivity index (χ4n) is 3.50. The molecule has 3 aromatic heterocycles. The van der Waals surface area contributed by atoms with E-state index in [1.165, 1.54) is 11.3 Å². The standard InChI is InChI=1S/C20H24N8O2S/c1-4-22-19(30-15-2-9-29-10-3-15)26-16(1)17-13-25-20(31-17)27-18-23-11-14(12-24-18)28-7-5-21-6-8-28/h1,4,11-13,15,21H,2-3,5-10H2,(H,23,24,25,27). The first-order chi connectivity index (χ1) is 15.3. The Kier molecular flexibility index (Phi) is 6.14. The molecule has 31 heavy (non-hydrogen) atoms. The Bertz CT molecular complexity index is 987. The molecular formula is C20H24N8O2S. The zero-order chi connectivity index (χ0) is 20.9. The van der Waals surface area contributed by atoms with Gasteiger partial charge in [-0.15, -0.1) is 0 Å². The average molecular weight is 441 g/mol. The van der Waals surface area contributed by atoms with Crippen LogP contribution >= 0.6 is 11.3 Å². The molecule has 11 heteroatoms. The van der Waals surface area contributed by atoms with Crippen molar-refractivity contribution in [2.24, 2.45) is 0 Å². The molecule has 0 atom stereocenters. The van der Waals surface area contributed by atoms with Crippen LogP contribution in [0.1, 0.15) is 12.8 Å². The van der Waals surface area contributed by atoms with Crippen molar-refractivity contribution < 1.29 is 9.47 Å². The number of ether oxygens (including phenoxy) is 2. The summed E-state index contributed by atoms with van der Waals surface area (Å²) in [5, 5.41) is 7.22. The summed E-state index contributed by atoms with van der Waals surface area (Å²) in [5.74, 6) is 0.519. The lowest BCUT2D eigenvalue weighted by atomic mass is 10.2. The largest absolute Gasteiger partial charge is 0.460 e. The second kappa shape index (κ2) is 9.50. The Balaban J connectivity index is 1.23. The van der Waals surface area contributed by atoms with Crippen molar-refractivity contribution in [2.75, 3.05) is 49.6 Å². The number of nitrogens with zero attached hydrogens (tertiary/aromatic N) is 6. The van der Waals surface area contributed by atoms with Crippen LogP contribution in [0.15, 0.2) is 30.9 Å². The number of hydrogen-bond acceptors (Lipinski definition) is 11. The molecule has 0 spiro atoms. The van der Waals surface area contributed by atoms with Crippen LogP contribution < -0.4 is 20.3 Å². The monoisotopic (exact) mass is 440 g/mol. The quantitative estimate of drug-likeness (QED) is 0.591. The molecule has 3 aromatic rings. The zero-order valence-corrected chi connectivity index (χ0v) is 17.8. The Morgan fingerprint density at radius 1 is 1.06 bits per heavy atom. The lowest BCUT2D eigenvalue weighted by Gasteiger charge is -2.28. The molecule has 0 unspecified atom stereocenters. The maximum Gasteiger partial charge on any atom is 0.317 e. The molecule has 10 nitrogen and oxygen atoms in total. The van der Waals surface area contributed by atoms with Crippen LogP contribution in [-0.2, 0) is 4.74 Å². The van der Waals surface area contributed by atoms with Crippen molar-refractivity contribution in [2.45, 2.75) is 18.9 Å². The molecule has 0 radical (unpaired) electrons. The highest BCUT2D eigenvalue weighted by atomic mass is 32.1. The van der Waals surface area contributed by atoms with Gasteiger partial charge in [-0.25, -0.2) is 19.9 Å². The van der Waals surface area contributed by atoms with Gasteiger partial charge in [0.2, 0.25) is 5.95 Å². The van der Waals surface area contributed by atoms with Gasteiger partial charge in [0.25, 0.3) is 0 Å². The minimum atomic E-state index is 0.101. The summed E-state index contributed by atoms with van der Waals surface area (Å²) in [5.41, 5.74) is 1.81. The van der Waals surface area contributed by atoms with Crippen molar-refractivity contribution in [3.63, 3.8) is 0 Å². The second-order valence-corrected chi connectivity index (χ2v) is 8.34. The van der Waals surface area contributed by atoms with E-state index in [4.69, 9.17) is 9.47 Å². The van der Waals surface area contributed by atoms with Gasteiger partial charge in [-0.2, -0.15) is 4.98 Å². The van der Waals surface area contributed by atoms with Crippen LogP contribution in [-0.4, -0.2) is 70.4 Å². The molecule has 5 heterocycles. The number of rotatable bonds is 6. The molecule has 2 aliphatic rings. The summed E-state index contributed by atoms with van der Waals surface area (Å²) >= 11 is 1.48. The van der Waals surface area contributed by atoms with E-state index in [9.17, 15) is 0 Å². The summed E-state index contributed by atoms with van der Waals surface area (Å²) in [6.07, 6.45) is 9.00. The highest BCUT2D eigenvalue weighted by molar-refractivity contribution is 7.18. The van der Waals surface area contributed by atoms with E-state index in [0.717, 1.165) is 55.3 Å². The lowest BCUT2D eigenvalue weighted by molar-refractivity contribution is 0.0217. The van der Waals surface area contributed by atoms with Gasteiger partial charge >= 0.3 is 6.01 Å². The smallest absolute Gasteiger partial charge is 0.317 e. The van der Waals surface area contributed by atoms with Crippen LogP contribution in [0.5, 0.6) is 6.01 Å². The van der Waals surface area contributed by atoms with E-state index in [-0.39, 0.29) is 6.10 Å². The Morgan fingerprint density at radius 3 is 2.68 bits per heavy atom. The molecule has 2 N–H and O–H groups in total. The minimum Gasteiger partial charge on any atom is -0.460 e. The normalized spacial score (nSPS) is 17.5. The van der Waals surface area contributed by atoms with Crippen LogP contribution in [0, 0.1) is 0 Å². The van der Waals surface area contributed by atoms with Crippen molar-refractivity contribution in [1.29, 1.82) is 0 Å². The minimum absolute atomic E-state index is 0.101. The highest BCUT2D eigenvalue weighted by Gasteiger charge is 2.17. The molecule has 2 saturated heterocycles. The first-order valence-corrected chi connectivity index (χ1v) is 11.2. The molecule has 0 aromatic carbocycles.